The van der Waals surface area contributed by atoms with Crippen LogP contribution in [0.4, 0.5) is 0 Å². The molecule has 3 rings (SSSR count). The molecule has 0 aliphatic rings. The Kier molecular flexibility index (Phi) is 6.14. The average Bonchev–Trinajstić information content (AvgIpc) is 2.70. The first-order valence-electron chi connectivity index (χ1n) is 8.95. The molecule has 148 valence electrons. The van der Waals surface area contributed by atoms with Crippen molar-refractivity contribution in [3.05, 3.63) is 98.5 Å². The Balaban J connectivity index is 2.38. The van der Waals surface area contributed by atoms with Gasteiger partial charge >= 0.3 is 0 Å². The number of hydrogen-bond donors (Lipinski definition) is 0. The molecular formula is C23H19Cl2O3P. The van der Waals surface area contributed by atoms with Crippen molar-refractivity contribution in [2.24, 2.45) is 0 Å². The van der Waals surface area contributed by atoms with Crippen molar-refractivity contribution in [1.82, 2.24) is 0 Å². The Labute approximate surface area is 180 Å². The molecule has 0 aliphatic heterocycles. The molecule has 0 heterocycles. The first-order valence-corrected chi connectivity index (χ1v) is 11.4. The first-order chi connectivity index (χ1) is 13.7. The number of halogens is 2. The van der Waals surface area contributed by atoms with Gasteiger partial charge in [0.15, 0.2) is 0 Å². The van der Waals surface area contributed by atoms with Gasteiger partial charge in [-0.05, 0) is 43.5 Å². The first kappa shape index (κ1) is 21.5. The molecule has 0 saturated heterocycles. The van der Waals surface area contributed by atoms with E-state index >= 15 is 0 Å². The largest absolute Gasteiger partial charge is 0.302 e. The third-order valence-corrected chi connectivity index (χ3v) is 8.65. The van der Waals surface area contributed by atoms with Crippen LogP contribution in [0, 0.1) is 20.8 Å². The van der Waals surface area contributed by atoms with Gasteiger partial charge in [0.1, 0.15) is 0 Å². The summed E-state index contributed by atoms with van der Waals surface area (Å²) < 4.78 is 14.4. The summed E-state index contributed by atoms with van der Waals surface area (Å²) in [5.41, 5.74) is 0.753. The van der Waals surface area contributed by atoms with E-state index in [2.05, 4.69) is 0 Å². The van der Waals surface area contributed by atoms with E-state index in [9.17, 15) is 14.2 Å². The topological polar surface area (TPSA) is 51.2 Å². The van der Waals surface area contributed by atoms with Gasteiger partial charge in [-0.1, -0.05) is 77.8 Å². The third-order valence-electron chi connectivity index (χ3n) is 4.86. The molecular weight excluding hydrogens is 426 g/mol. The summed E-state index contributed by atoms with van der Waals surface area (Å²) in [6.07, 6.45) is 0. The van der Waals surface area contributed by atoms with E-state index in [1.54, 1.807) is 63.2 Å². The van der Waals surface area contributed by atoms with Crippen molar-refractivity contribution >= 4 is 46.7 Å². The van der Waals surface area contributed by atoms with Gasteiger partial charge in [0, 0.05) is 11.1 Å². The Hall–Kier alpha value is -2.19. The molecule has 0 bridgehead atoms. The molecule has 29 heavy (non-hydrogen) atoms. The lowest BCUT2D eigenvalue weighted by atomic mass is 10.0. The second-order valence-corrected chi connectivity index (χ2v) is 10.1. The van der Waals surface area contributed by atoms with Gasteiger partial charge in [0.05, 0.1) is 15.3 Å². The summed E-state index contributed by atoms with van der Waals surface area (Å²) in [5, 5.41) is 0.0137. The predicted octanol–water partition coefficient (Wildman–Crippen LogP) is 6.59. The minimum atomic E-state index is -4.40. The van der Waals surface area contributed by atoms with Gasteiger partial charge in [0.25, 0.3) is 7.14 Å². The molecule has 6 heteroatoms. The summed E-state index contributed by atoms with van der Waals surface area (Å²) in [7, 11) is -4.40. The molecule has 0 spiro atoms. The van der Waals surface area contributed by atoms with E-state index in [-0.39, 0.29) is 26.5 Å². The SMILES string of the molecule is Cc1ccc(Cl)c(P(=O)(C(=O)c2ccccc2)C(=O)c2c(C)cccc2C)c1Cl. The number of rotatable bonds is 5. The highest BCUT2D eigenvalue weighted by molar-refractivity contribution is 8.01. The Morgan fingerprint density at radius 3 is 1.90 bits per heavy atom. The van der Waals surface area contributed by atoms with Crippen molar-refractivity contribution in [2.45, 2.75) is 20.8 Å². The molecule has 0 amide bonds. The molecule has 0 N–H and O–H groups in total. The molecule has 0 radical (unpaired) electrons. The summed E-state index contributed by atoms with van der Waals surface area (Å²) in [6, 6.07) is 16.6. The lowest BCUT2D eigenvalue weighted by Crippen LogP contribution is -2.24. The second-order valence-electron chi connectivity index (χ2n) is 6.88. The van der Waals surface area contributed by atoms with Crippen LogP contribution in [0.5, 0.6) is 0 Å². The van der Waals surface area contributed by atoms with Crippen molar-refractivity contribution < 1.29 is 14.2 Å². The van der Waals surface area contributed by atoms with Crippen molar-refractivity contribution in [1.29, 1.82) is 0 Å². The summed E-state index contributed by atoms with van der Waals surface area (Å²) in [4.78, 5) is 27.3. The van der Waals surface area contributed by atoms with Crippen molar-refractivity contribution in [2.75, 3.05) is 0 Å². The number of hydrogen-bond acceptors (Lipinski definition) is 3. The highest BCUT2D eigenvalue weighted by Crippen LogP contribution is 2.54. The van der Waals surface area contributed by atoms with Crippen LogP contribution in [0.2, 0.25) is 10.0 Å². The van der Waals surface area contributed by atoms with Gasteiger partial charge in [-0.15, -0.1) is 0 Å². The smallest absolute Gasteiger partial charge is 0.251 e. The van der Waals surface area contributed by atoms with Crippen LogP contribution < -0.4 is 5.30 Å². The monoisotopic (exact) mass is 444 g/mol. The molecule has 1 unspecified atom stereocenters. The van der Waals surface area contributed by atoms with Crippen molar-refractivity contribution in [3.8, 4) is 0 Å². The zero-order valence-corrected chi connectivity index (χ0v) is 18.6. The molecule has 1 atom stereocenters. The lowest BCUT2D eigenvalue weighted by Gasteiger charge is -2.21. The lowest BCUT2D eigenvalue weighted by molar-refractivity contribution is 0.104. The van der Waals surface area contributed by atoms with E-state index in [4.69, 9.17) is 23.2 Å². The molecule has 3 aromatic rings. The fourth-order valence-corrected chi connectivity index (χ4v) is 6.98. The molecule has 0 saturated carbocycles. The fraction of sp³-hybridized carbons (Fsp3) is 0.130. The van der Waals surface area contributed by atoms with Crippen molar-refractivity contribution in [3.63, 3.8) is 0 Å². The van der Waals surface area contributed by atoms with Gasteiger partial charge in [0.2, 0.25) is 11.0 Å². The summed E-state index contributed by atoms with van der Waals surface area (Å²) >= 11 is 12.8. The van der Waals surface area contributed by atoms with Gasteiger partial charge in [-0.2, -0.15) is 0 Å². The summed E-state index contributed by atoms with van der Waals surface area (Å²) in [6.45, 7) is 5.21. The minimum Gasteiger partial charge on any atom is -0.302 e. The van der Waals surface area contributed by atoms with Crippen LogP contribution in [-0.4, -0.2) is 11.0 Å². The van der Waals surface area contributed by atoms with Crippen LogP contribution in [0.25, 0.3) is 0 Å². The highest BCUT2D eigenvalue weighted by atomic mass is 35.5. The fourth-order valence-electron chi connectivity index (χ4n) is 3.30. The van der Waals surface area contributed by atoms with Gasteiger partial charge < -0.3 is 4.57 Å². The van der Waals surface area contributed by atoms with E-state index in [1.807, 2.05) is 0 Å². The van der Waals surface area contributed by atoms with Crippen LogP contribution in [0.3, 0.4) is 0 Å². The number of aryl methyl sites for hydroxylation is 3. The molecule has 3 aromatic carbocycles. The number of benzene rings is 3. The normalized spacial score (nSPS) is 13.0. The zero-order chi connectivity index (χ0) is 21.3. The Bertz CT molecular complexity index is 1150. The predicted molar refractivity (Wildman–Crippen MR) is 119 cm³/mol. The zero-order valence-electron chi connectivity index (χ0n) is 16.2. The summed E-state index contributed by atoms with van der Waals surface area (Å²) in [5.74, 6) is 0. The van der Waals surface area contributed by atoms with E-state index in [0.29, 0.717) is 16.7 Å². The van der Waals surface area contributed by atoms with Gasteiger partial charge in [-0.25, -0.2) is 0 Å². The standard InChI is InChI=1S/C23H19Cl2O3P/c1-14-8-7-9-15(2)19(14)23(27)29(28,22(26)17-10-5-4-6-11-17)21-18(24)13-12-16(3)20(21)25/h4-13H,1-3H3. The van der Waals surface area contributed by atoms with E-state index in [0.717, 1.165) is 0 Å². The minimum absolute atomic E-state index is 0.0350. The number of carbonyl (C=O) groups is 2. The maximum Gasteiger partial charge on any atom is 0.251 e. The maximum absolute atomic E-state index is 14.4. The van der Waals surface area contributed by atoms with Crippen LogP contribution in [0.15, 0.2) is 60.7 Å². The third kappa shape index (κ3) is 3.71. The molecule has 0 aromatic heterocycles. The highest BCUT2D eigenvalue weighted by Gasteiger charge is 2.46. The average molecular weight is 445 g/mol. The maximum atomic E-state index is 14.4. The van der Waals surface area contributed by atoms with E-state index in [1.165, 1.54) is 18.2 Å². The second kappa shape index (κ2) is 8.28. The Morgan fingerprint density at radius 2 is 1.31 bits per heavy atom. The van der Waals surface area contributed by atoms with E-state index < -0.39 is 18.2 Å². The number of carbonyl (C=O) groups excluding carboxylic acids is 2. The molecule has 0 fully saturated rings. The van der Waals surface area contributed by atoms with Crippen LogP contribution in [-0.2, 0) is 4.57 Å². The Morgan fingerprint density at radius 1 is 0.724 bits per heavy atom. The van der Waals surface area contributed by atoms with Crippen LogP contribution in [0.1, 0.15) is 37.4 Å². The van der Waals surface area contributed by atoms with Gasteiger partial charge in [-0.3, -0.25) is 9.59 Å². The molecule has 0 aliphatic carbocycles. The quantitative estimate of drug-likeness (QED) is 0.417. The molecule has 3 nitrogen and oxygen atoms in total. The van der Waals surface area contributed by atoms with Crippen LogP contribution >= 0.6 is 30.3 Å².